The molecule has 1 unspecified atom stereocenters. The van der Waals surface area contributed by atoms with Gasteiger partial charge in [-0.25, -0.2) is 4.79 Å². The van der Waals surface area contributed by atoms with Crippen LogP contribution < -0.4 is 5.32 Å². The van der Waals surface area contributed by atoms with Crippen LogP contribution in [0.15, 0.2) is 0 Å². The molecule has 3 N–H and O–H groups in total. The normalized spacial score (nSPS) is 13.9. The first-order chi connectivity index (χ1) is 8.65. The summed E-state index contributed by atoms with van der Waals surface area (Å²) in [5, 5.41) is 24.8. The topological polar surface area (TPSA) is 104 Å². The van der Waals surface area contributed by atoms with E-state index < -0.39 is 11.6 Å². The number of rotatable bonds is 5. The maximum absolute atomic E-state index is 11.7. The number of carbonyl (C=O) groups excluding carboxylic acids is 1. The molecule has 0 aliphatic rings. The summed E-state index contributed by atoms with van der Waals surface area (Å²) >= 11 is 0. The van der Waals surface area contributed by atoms with Gasteiger partial charge in [-0.15, -0.1) is 0 Å². The van der Waals surface area contributed by atoms with Crippen molar-refractivity contribution in [3.8, 4) is 0 Å². The van der Waals surface area contributed by atoms with Gasteiger partial charge in [-0.2, -0.15) is 5.10 Å². The number of aromatic nitrogens is 2. The summed E-state index contributed by atoms with van der Waals surface area (Å²) < 4.78 is 1.69. The summed E-state index contributed by atoms with van der Waals surface area (Å²) in [7, 11) is 1.79. The number of hydrogen-bond acceptors (Lipinski definition) is 4. The maximum Gasteiger partial charge on any atom is 0.337 e. The van der Waals surface area contributed by atoms with Crippen molar-refractivity contribution in [2.45, 2.75) is 32.8 Å². The first-order valence-corrected chi connectivity index (χ1v) is 5.86. The Morgan fingerprint density at radius 1 is 1.42 bits per heavy atom. The molecule has 106 valence electrons. The Bertz CT molecular complexity index is 505. The van der Waals surface area contributed by atoms with Gasteiger partial charge in [-0.1, -0.05) is 0 Å². The zero-order chi connectivity index (χ0) is 14.8. The van der Waals surface area contributed by atoms with Gasteiger partial charge >= 0.3 is 5.97 Å². The van der Waals surface area contributed by atoms with Crippen molar-refractivity contribution >= 4 is 11.9 Å². The Balaban J connectivity index is 2.64. The Hall–Kier alpha value is -1.89. The van der Waals surface area contributed by atoms with Crippen LogP contribution in [-0.2, 0) is 23.1 Å². The lowest BCUT2D eigenvalue weighted by molar-refractivity contribution is -0.156. The second-order valence-corrected chi connectivity index (χ2v) is 4.81. The van der Waals surface area contributed by atoms with E-state index in [1.54, 1.807) is 11.7 Å². The number of hydrogen-bond donors (Lipinski definition) is 3. The van der Waals surface area contributed by atoms with E-state index in [0.717, 1.165) is 23.9 Å². The van der Waals surface area contributed by atoms with Crippen molar-refractivity contribution in [3.05, 3.63) is 17.0 Å². The molecule has 1 atom stereocenters. The Morgan fingerprint density at radius 2 is 2.00 bits per heavy atom. The van der Waals surface area contributed by atoms with Crippen LogP contribution in [-0.4, -0.2) is 44.0 Å². The minimum atomic E-state index is -1.96. The van der Waals surface area contributed by atoms with Crippen LogP contribution >= 0.6 is 0 Å². The number of aliphatic carboxylic acids is 1. The summed E-state index contributed by atoms with van der Waals surface area (Å²) in [5.74, 6) is -1.72. The summed E-state index contributed by atoms with van der Waals surface area (Å²) in [6.07, 6.45) is 0.112. The number of carboxylic acids is 1. The number of amides is 1. The summed E-state index contributed by atoms with van der Waals surface area (Å²) in [6.45, 7) is 4.47. The van der Waals surface area contributed by atoms with Crippen LogP contribution in [0.1, 0.15) is 23.9 Å². The average molecular weight is 269 g/mol. The van der Waals surface area contributed by atoms with Crippen molar-refractivity contribution in [3.63, 3.8) is 0 Å². The molecule has 1 aromatic heterocycles. The smallest absolute Gasteiger partial charge is 0.337 e. The molecule has 0 bridgehead atoms. The minimum absolute atomic E-state index is 0.112. The van der Waals surface area contributed by atoms with Gasteiger partial charge < -0.3 is 15.5 Å². The number of nitrogens with one attached hydrogen (secondary N) is 1. The van der Waals surface area contributed by atoms with E-state index in [0.29, 0.717) is 0 Å². The third-order valence-corrected chi connectivity index (χ3v) is 3.09. The van der Waals surface area contributed by atoms with E-state index in [9.17, 15) is 14.7 Å². The van der Waals surface area contributed by atoms with Crippen molar-refractivity contribution in [1.29, 1.82) is 0 Å². The van der Waals surface area contributed by atoms with Crippen LogP contribution in [0.2, 0.25) is 0 Å². The Morgan fingerprint density at radius 3 is 2.42 bits per heavy atom. The second kappa shape index (κ2) is 5.40. The molecule has 1 aromatic rings. The average Bonchev–Trinajstić information content (AvgIpc) is 2.53. The first kappa shape index (κ1) is 15.2. The highest BCUT2D eigenvalue weighted by Crippen LogP contribution is 2.12. The second-order valence-electron chi connectivity index (χ2n) is 4.81. The van der Waals surface area contributed by atoms with Gasteiger partial charge in [0.25, 0.3) is 0 Å². The molecule has 0 fully saturated rings. The third-order valence-electron chi connectivity index (χ3n) is 3.09. The lowest BCUT2D eigenvalue weighted by Gasteiger charge is -2.18. The number of aryl methyl sites for hydroxylation is 2. The fourth-order valence-electron chi connectivity index (χ4n) is 1.64. The maximum atomic E-state index is 11.7. The molecule has 0 radical (unpaired) electrons. The standard InChI is InChI=1S/C12H19N3O4/c1-7-9(8(2)15(4)14-7)5-10(16)13-6-12(3,19)11(17)18/h19H,5-6H2,1-4H3,(H,13,16)(H,17,18). The molecule has 1 amide bonds. The lowest BCUT2D eigenvalue weighted by atomic mass is 10.1. The predicted octanol–water partition coefficient (Wildman–Crippen LogP) is -0.469. The zero-order valence-corrected chi connectivity index (χ0v) is 11.5. The van der Waals surface area contributed by atoms with Crippen LogP contribution in [0.5, 0.6) is 0 Å². The number of carboxylic acid groups (broad SMARTS) is 1. The van der Waals surface area contributed by atoms with Crippen molar-refractivity contribution in [2.75, 3.05) is 6.54 Å². The van der Waals surface area contributed by atoms with Crippen LogP contribution in [0, 0.1) is 13.8 Å². The quantitative estimate of drug-likeness (QED) is 0.670. The number of carbonyl (C=O) groups is 2. The molecule has 7 heteroatoms. The van der Waals surface area contributed by atoms with Gasteiger partial charge in [-0.3, -0.25) is 9.48 Å². The van der Waals surface area contributed by atoms with Crippen LogP contribution in [0.4, 0.5) is 0 Å². The van der Waals surface area contributed by atoms with E-state index >= 15 is 0 Å². The molecule has 0 saturated heterocycles. The fraction of sp³-hybridized carbons (Fsp3) is 0.583. The molecule has 0 spiro atoms. The SMILES string of the molecule is Cc1nn(C)c(C)c1CC(=O)NCC(C)(O)C(=O)O. The molecule has 7 nitrogen and oxygen atoms in total. The molecular weight excluding hydrogens is 250 g/mol. The van der Waals surface area contributed by atoms with Crippen molar-refractivity contribution in [1.82, 2.24) is 15.1 Å². The molecular formula is C12H19N3O4. The highest BCUT2D eigenvalue weighted by atomic mass is 16.4. The zero-order valence-electron chi connectivity index (χ0n) is 11.5. The van der Waals surface area contributed by atoms with Crippen molar-refractivity contribution in [2.24, 2.45) is 7.05 Å². The predicted molar refractivity (Wildman–Crippen MR) is 67.7 cm³/mol. The molecule has 0 aliphatic carbocycles. The van der Waals surface area contributed by atoms with E-state index in [2.05, 4.69) is 10.4 Å². The highest BCUT2D eigenvalue weighted by molar-refractivity contribution is 5.81. The first-order valence-electron chi connectivity index (χ1n) is 5.86. The van der Waals surface area contributed by atoms with Crippen LogP contribution in [0.25, 0.3) is 0 Å². The molecule has 19 heavy (non-hydrogen) atoms. The molecule has 0 aromatic carbocycles. The van der Waals surface area contributed by atoms with E-state index in [4.69, 9.17) is 5.11 Å². The fourth-order valence-corrected chi connectivity index (χ4v) is 1.64. The highest BCUT2D eigenvalue weighted by Gasteiger charge is 2.30. The van der Waals surface area contributed by atoms with Gasteiger partial charge in [0.15, 0.2) is 5.60 Å². The van der Waals surface area contributed by atoms with Gasteiger partial charge in [0, 0.05) is 18.3 Å². The van der Waals surface area contributed by atoms with Crippen molar-refractivity contribution < 1.29 is 19.8 Å². The van der Waals surface area contributed by atoms with E-state index in [-0.39, 0.29) is 18.9 Å². The van der Waals surface area contributed by atoms with Gasteiger partial charge in [-0.05, 0) is 20.8 Å². The summed E-state index contributed by atoms with van der Waals surface area (Å²) in [6, 6.07) is 0. The largest absolute Gasteiger partial charge is 0.479 e. The molecule has 1 rings (SSSR count). The summed E-state index contributed by atoms with van der Waals surface area (Å²) in [4.78, 5) is 22.4. The number of nitrogens with zero attached hydrogens (tertiary/aromatic N) is 2. The van der Waals surface area contributed by atoms with Gasteiger partial charge in [0.2, 0.25) is 5.91 Å². The van der Waals surface area contributed by atoms with E-state index in [1.807, 2.05) is 13.8 Å². The molecule has 0 saturated carbocycles. The Kier molecular flexibility index (Phi) is 4.31. The van der Waals surface area contributed by atoms with Gasteiger partial charge in [0.05, 0.1) is 18.7 Å². The molecule has 0 aliphatic heterocycles. The van der Waals surface area contributed by atoms with Gasteiger partial charge in [0.1, 0.15) is 0 Å². The monoisotopic (exact) mass is 269 g/mol. The van der Waals surface area contributed by atoms with E-state index in [1.165, 1.54) is 0 Å². The number of aliphatic hydroxyl groups is 1. The minimum Gasteiger partial charge on any atom is -0.479 e. The van der Waals surface area contributed by atoms with Crippen LogP contribution in [0.3, 0.4) is 0 Å². The molecule has 1 heterocycles. The lowest BCUT2D eigenvalue weighted by Crippen LogP contribution is -2.46. The summed E-state index contributed by atoms with van der Waals surface area (Å²) in [5.41, 5.74) is 0.502. The Labute approximate surface area is 111 Å². The third kappa shape index (κ3) is 3.54.